The number of imide groups is 1. The Morgan fingerprint density at radius 2 is 1.50 bits per heavy atom. The van der Waals surface area contributed by atoms with Gasteiger partial charge in [-0.3, -0.25) is 14.4 Å². The Balaban J connectivity index is 1.54. The highest BCUT2D eigenvalue weighted by Crippen LogP contribution is 2.35. The van der Waals surface area contributed by atoms with E-state index in [0.717, 1.165) is 4.90 Å². The number of nitrogens with zero attached hydrogens (tertiary/aromatic N) is 1. The molecule has 0 radical (unpaired) electrons. The lowest BCUT2D eigenvalue weighted by Crippen LogP contribution is -2.32. The van der Waals surface area contributed by atoms with Crippen LogP contribution in [0, 0.1) is 0 Å². The quantitative estimate of drug-likeness (QED) is 0.366. The van der Waals surface area contributed by atoms with Crippen molar-refractivity contribution in [3.63, 3.8) is 0 Å². The van der Waals surface area contributed by atoms with Gasteiger partial charge in [0.25, 0.3) is 17.7 Å². The number of ether oxygens (including phenoxy) is 2. The van der Waals surface area contributed by atoms with Gasteiger partial charge in [0.2, 0.25) is 0 Å². The summed E-state index contributed by atoms with van der Waals surface area (Å²) in [6, 6.07) is 19.2. The van der Waals surface area contributed by atoms with E-state index in [0.29, 0.717) is 17.1 Å². The molecular weight excluding hydrogens is 486 g/mol. The van der Waals surface area contributed by atoms with Crippen molar-refractivity contribution in [3.8, 4) is 5.75 Å². The normalized spacial score (nSPS) is 13.0. The van der Waals surface area contributed by atoms with Gasteiger partial charge in [-0.25, -0.2) is 9.69 Å². The predicted octanol–water partition coefficient (Wildman–Crippen LogP) is 4.17. The van der Waals surface area contributed by atoms with Crippen LogP contribution in [0.1, 0.15) is 20.7 Å². The molecule has 4 rings (SSSR count). The van der Waals surface area contributed by atoms with Crippen LogP contribution >= 0.6 is 11.6 Å². The molecule has 1 aliphatic rings. The number of hydrogen-bond donors (Lipinski definition) is 2. The molecule has 3 aromatic rings. The first-order valence-electron chi connectivity index (χ1n) is 10.6. The number of para-hydroxylation sites is 2. The Hall–Kier alpha value is -4.63. The average molecular weight is 506 g/mol. The van der Waals surface area contributed by atoms with Crippen LogP contribution in [-0.2, 0) is 14.3 Å². The summed E-state index contributed by atoms with van der Waals surface area (Å²) in [5.74, 6) is -2.01. The lowest BCUT2D eigenvalue weighted by Gasteiger charge is -2.18. The fourth-order valence-corrected chi connectivity index (χ4v) is 3.78. The summed E-state index contributed by atoms with van der Waals surface area (Å²) in [4.78, 5) is 51.3. The summed E-state index contributed by atoms with van der Waals surface area (Å²) in [6.07, 6.45) is 0. The van der Waals surface area contributed by atoms with Crippen molar-refractivity contribution in [2.75, 3.05) is 29.8 Å². The van der Waals surface area contributed by atoms with E-state index in [2.05, 4.69) is 10.6 Å². The molecule has 3 aromatic carbocycles. The van der Waals surface area contributed by atoms with Crippen molar-refractivity contribution < 1.29 is 28.7 Å². The average Bonchev–Trinajstić information content (AvgIpc) is 3.11. The Kier molecular flexibility index (Phi) is 7.03. The molecule has 0 saturated carbocycles. The number of esters is 1. The maximum absolute atomic E-state index is 13.1. The number of carbonyl (C=O) groups is 4. The van der Waals surface area contributed by atoms with E-state index in [4.69, 9.17) is 21.1 Å². The molecule has 36 heavy (non-hydrogen) atoms. The minimum Gasteiger partial charge on any atom is -0.495 e. The number of amides is 3. The Labute approximate surface area is 211 Å². The molecule has 10 heteroatoms. The first kappa shape index (κ1) is 24.5. The largest absolute Gasteiger partial charge is 0.495 e. The molecule has 9 nitrogen and oxygen atoms in total. The number of rotatable bonds is 7. The topological polar surface area (TPSA) is 114 Å². The maximum Gasteiger partial charge on any atom is 0.337 e. The second-order valence-electron chi connectivity index (χ2n) is 7.54. The minimum absolute atomic E-state index is 0.129. The van der Waals surface area contributed by atoms with E-state index >= 15 is 0 Å². The van der Waals surface area contributed by atoms with E-state index in [-0.39, 0.29) is 27.5 Å². The van der Waals surface area contributed by atoms with Gasteiger partial charge in [-0.1, -0.05) is 35.9 Å². The van der Waals surface area contributed by atoms with Gasteiger partial charge < -0.3 is 20.1 Å². The van der Waals surface area contributed by atoms with Crippen LogP contribution in [0.3, 0.4) is 0 Å². The Morgan fingerprint density at radius 3 is 2.22 bits per heavy atom. The van der Waals surface area contributed by atoms with Gasteiger partial charge in [0.1, 0.15) is 16.5 Å². The third-order valence-corrected chi connectivity index (χ3v) is 5.64. The molecule has 0 aliphatic carbocycles. The molecule has 182 valence electrons. The van der Waals surface area contributed by atoms with Gasteiger partial charge in [-0.2, -0.15) is 0 Å². The van der Waals surface area contributed by atoms with Crippen molar-refractivity contribution >= 4 is 52.4 Å². The van der Waals surface area contributed by atoms with Crippen molar-refractivity contribution in [3.05, 3.63) is 94.7 Å². The Morgan fingerprint density at radius 1 is 0.833 bits per heavy atom. The summed E-state index contributed by atoms with van der Waals surface area (Å²) in [6.45, 7) is 0. The molecular formula is C26H20ClN3O6. The molecule has 0 bridgehead atoms. The van der Waals surface area contributed by atoms with Gasteiger partial charge in [0.05, 0.1) is 25.5 Å². The van der Waals surface area contributed by atoms with Crippen molar-refractivity contribution in [2.45, 2.75) is 0 Å². The molecule has 1 aliphatic heterocycles. The van der Waals surface area contributed by atoms with Crippen LogP contribution in [-0.4, -0.2) is 37.9 Å². The predicted molar refractivity (Wildman–Crippen MR) is 134 cm³/mol. The molecule has 0 atom stereocenters. The van der Waals surface area contributed by atoms with Gasteiger partial charge in [0.15, 0.2) is 0 Å². The van der Waals surface area contributed by atoms with Crippen molar-refractivity contribution in [1.29, 1.82) is 0 Å². The lowest BCUT2D eigenvalue weighted by molar-refractivity contribution is -0.120. The third-order valence-electron chi connectivity index (χ3n) is 5.29. The summed E-state index contributed by atoms with van der Waals surface area (Å²) >= 11 is 6.22. The number of methoxy groups -OCH3 is 2. The van der Waals surface area contributed by atoms with Gasteiger partial charge in [0, 0.05) is 16.9 Å². The molecule has 0 saturated heterocycles. The fourth-order valence-electron chi connectivity index (χ4n) is 3.57. The molecule has 3 amide bonds. The van der Waals surface area contributed by atoms with Gasteiger partial charge in [-0.05, 0) is 48.5 Å². The van der Waals surface area contributed by atoms with Crippen LogP contribution in [0.2, 0.25) is 0 Å². The SMILES string of the molecule is COC(=O)c1cccc(NC(=O)c2cccc(NC3=C(Cl)C(=O)N(c4ccccc4OC)C3=O)c2)c1. The molecule has 0 unspecified atom stereocenters. The van der Waals surface area contributed by atoms with E-state index < -0.39 is 23.7 Å². The van der Waals surface area contributed by atoms with Gasteiger partial charge in [-0.15, -0.1) is 0 Å². The zero-order valence-corrected chi connectivity index (χ0v) is 20.0. The van der Waals surface area contributed by atoms with Crippen LogP contribution in [0.5, 0.6) is 5.75 Å². The standard InChI is InChI=1S/C26H20ClN3O6/c1-35-20-12-4-3-11-19(20)30-24(32)21(27)22(25(30)33)28-17-9-5-7-15(13-17)23(31)29-18-10-6-8-16(14-18)26(34)36-2/h3-14,28H,1-2H3,(H,29,31). The molecule has 1 heterocycles. The summed E-state index contributed by atoms with van der Waals surface area (Å²) in [7, 11) is 2.70. The first-order valence-corrected chi connectivity index (χ1v) is 11.0. The molecule has 0 aromatic heterocycles. The van der Waals surface area contributed by atoms with Crippen LogP contribution in [0.15, 0.2) is 83.5 Å². The molecule has 0 spiro atoms. The smallest absolute Gasteiger partial charge is 0.337 e. The highest BCUT2D eigenvalue weighted by Gasteiger charge is 2.40. The highest BCUT2D eigenvalue weighted by molar-refractivity contribution is 6.53. The zero-order valence-electron chi connectivity index (χ0n) is 19.2. The number of carbonyl (C=O) groups excluding carboxylic acids is 4. The van der Waals surface area contributed by atoms with E-state index in [1.54, 1.807) is 60.7 Å². The number of nitrogens with one attached hydrogen (secondary N) is 2. The van der Waals surface area contributed by atoms with E-state index in [1.807, 2.05) is 0 Å². The highest BCUT2D eigenvalue weighted by atomic mass is 35.5. The molecule has 0 fully saturated rings. The number of benzene rings is 3. The second kappa shape index (κ2) is 10.3. The van der Waals surface area contributed by atoms with E-state index in [9.17, 15) is 19.2 Å². The first-order chi connectivity index (χ1) is 17.3. The summed E-state index contributed by atoms with van der Waals surface area (Å²) in [5, 5.41) is 5.27. The number of halogens is 1. The third kappa shape index (κ3) is 4.77. The molecule has 2 N–H and O–H groups in total. The Bertz CT molecular complexity index is 1420. The number of hydrogen-bond acceptors (Lipinski definition) is 7. The second-order valence-corrected chi connectivity index (χ2v) is 7.92. The van der Waals surface area contributed by atoms with Crippen molar-refractivity contribution in [2.24, 2.45) is 0 Å². The lowest BCUT2D eigenvalue weighted by atomic mass is 10.1. The minimum atomic E-state index is -0.701. The zero-order chi connectivity index (χ0) is 25.8. The fraction of sp³-hybridized carbons (Fsp3) is 0.0769. The number of anilines is 3. The summed E-state index contributed by atoms with van der Waals surface area (Å²) in [5.41, 5.74) is 1.44. The van der Waals surface area contributed by atoms with Crippen LogP contribution in [0.25, 0.3) is 0 Å². The van der Waals surface area contributed by atoms with Crippen LogP contribution in [0.4, 0.5) is 17.1 Å². The maximum atomic E-state index is 13.1. The van der Waals surface area contributed by atoms with Crippen molar-refractivity contribution in [1.82, 2.24) is 0 Å². The van der Waals surface area contributed by atoms with Crippen LogP contribution < -0.4 is 20.3 Å². The summed E-state index contributed by atoms with van der Waals surface area (Å²) < 4.78 is 9.96. The van der Waals surface area contributed by atoms with E-state index in [1.165, 1.54) is 26.4 Å². The van der Waals surface area contributed by atoms with Gasteiger partial charge >= 0.3 is 5.97 Å². The monoisotopic (exact) mass is 505 g/mol.